The highest BCUT2D eigenvalue weighted by Gasteiger charge is 2.14. The third-order valence-corrected chi connectivity index (χ3v) is 2.99. The van der Waals surface area contributed by atoms with Crippen molar-refractivity contribution in [2.75, 3.05) is 13.1 Å². The minimum atomic E-state index is -1.18. The number of hydrogen-bond acceptors (Lipinski definition) is 4. The summed E-state index contributed by atoms with van der Waals surface area (Å²) >= 11 is 0. The first kappa shape index (κ1) is 16.3. The lowest BCUT2D eigenvalue weighted by Crippen LogP contribution is -2.39. The van der Waals surface area contributed by atoms with Gasteiger partial charge in [0.1, 0.15) is 12.4 Å². The largest absolute Gasteiger partial charge is 0.480 e. The number of pyridine rings is 1. The number of fused-ring (bicyclic) bond motifs is 1. The van der Waals surface area contributed by atoms with Gasteiger partial charge in [-0.05, 0) is 31.2 Å². The van der Waals surface area contributed by atoms with Crippen LogP contribution in [0.1, 0.15) is 16.1 Å². The highest BCUT2D eigenvalue weighted by atomic mass is 19.1. The summed E-state index contributed by atoms with van der Waals surface area (Å²) in [6.07, 6.45) is 0. The van der Waals surface area contributed by atoms with E-state index in [-0.39, 0.29) is 12.1 Å². The molecule has 8 heteroatoms. The number of amides is 2. The van der Waals surface area contributed by atoms with Crippen molar-refractivity contribution in [3.05, 3.63) is 41.3 Å². The second-order valence-electron chi connectivity index (χ2n) is 4.83. The van der Waals surface area contributed by atoms with Gasteiger partial charge in [0.25, 0.3) is 5.91 Å². The molecule has 0 radical (unpaired) electrons. The fraction of sp³-hybridized carbons (Fsp3) is 0.200. The molecule has 23 heavy (non-hydrogen) atoms. The summed E-state index contributed by atoms with van der Waals surface area (Å²) in [7, 11) is 0. The van der Waals surface area contributed by atoms with E-state index >= 15 is 0 Å². The molecule has 1 heterocycles. The number of nitrogens with zero attached hydrogens (tertiary/aromatic N) is 1. The maximum absolute atomic E-state index is 13.4. The molecule has 2 aromatic rings. The van der Waals surface area contributed by atoms with Crippen LogP contribution in [0.25, 0.3) is 10.9 Å². The number of aryl methyl sites for hydroxylation is 1. The number of carboxylic acid groups (broad SMARTS) is 1. The van der Waals surface area contributed by atoms with Crippen LogP contribution in [0.15, 0.2) is 24.3 Å². The average molecular weight is 319 g/mol. The predicted octanol–water partition coefficient (Wildman–Crippen LogP) is 0.613. The van der Waals surface area contributed by atoms with Gasteiger partial charge in [0.2, 0.25) is 5.91 Å². The van der Waals surface area contributed by atoms with E-state index in [1.54, 1.807) is 6.92 Å². The lowest BCUT2D eigenvalue weighted by atomic mass is 10.1. The first-order valence-electron chi connectivity index (χ1n) is 6.70. The van der Waals surface area contributed by atoms with Crippen molar-refractivity contribution in [3.63, 3.8) is 0 Å². The van der Waals surface area contributed by atoms with Crippen LogP contribution < -0.4 is 10.6 Å². The maximum atomic E-state index is 13.4. The minimum Gasteiger partial charge on any atom is -0.480 e. The van der Waals surface area contributed by atoms with E-state index in [9.17, 15) is 18.8 Å². The van der Waals surface area contributed by atoms with Crippen molar-refractivity contribution >= 4 is 28.7 Å². The number of carbonyl (C=O) groups excluding carboxylic acids is 2. The van der Waals surface area contributed by atoms with Gasteiger partial charge in [-0.15, -0.1) is 0 Å². The Morgan fingerprint density at radius 3 is 2.61 bits per heavy atom. The molecule has 1 aromatic heterocycles. The molecular formula is C15H14FN3O4. The summed E-state index contributed by atoms with van der Waals surface area (Å²) < 4.78 is 13.4. The lowest BCUT2D eigenvalue weighted by molar-refractivity contribution is -0.137. The zero-order valence-electron chi connectivity index (χ0n) is 12.2. The molecule has 0 atom stereocenters. The summed E-state index contributed by atoms with van der Waals surface area (Å²) in [5.41, 5.74) is 1.23. The molecule has 0 fully saturated rings. The Balaban J connectivity index is 2.16. The van der Waals surface area contributed by atoms with E-state index in [4.69, 9.17) is 5.11 Å². The average Bonchev–Trinajstić information content (AvgIpc) is 2.50. The van der Waals surface area contributed by atoms with Crippen molar-refractivity contribution in [2.24, 2.45) is 0 Å². The number of benzene rings is 1. The quantitative estimate of drug-likeness (QED) is 0.748. The van der Waals surface area contributed by atoms with Gasteiger partial charge in [0.15, 0.2) is 0 Å². The van der Waals surface area contributed by atoms with Crippen LogP contribution in [0.3, 0.4) is 0 Å². The number of halogens is 1. The topological polar surface area (TPSA) is 108 Å². The monoisotopic (exact) mass is 319 g/mol. The highest BCUT2D eigenvalue weighted by Crippen LogP contribution is 2.19. The predicted molar refractivity (Wildman–Crippen MR) is 79.4 cm³/mol. The molecule has 0 spiro atoms. The van der Waals surface area contributed by atoms with Crippen molar-refractivity contribution in [1.82, 2.24) is 15.6 Å². The number of rotatable bonds is 5. The zero-order chi connectivity index (χ0) is 17.0. The van der Waals surface area contributed by atoms with Gasteiger partial charge in [-0.25, -0.2) is 4.39 Å². The summed E-state index contributed by atoms with van der Waals surface area (Å²) in [6.45, 7) is 0.778. The van der Waals surface area contributed by atoms with E-state index in [1.165, 1.54) is 24.3 Å². The van der Waals surface area contributed by atoms with Crippen LogP contribution in [0.5, 0.6) is 0 Å². The van der Waals surface area contributed by atoms with Gasteiger partial charge < -0.3 is 15.7 Å². The number of hydrogen-bond donors (Lipinski definition) is 3. The van der Waals surface area contributed by atoms with Gasteiger partial charge in [0, 0.05) is 11.1 Å². The molecule has 0 bridgehead atoms. The first-order chi connectivity index (χ1) is 10.9. The van der Waals surface area contributed by atoms with Gasteiger partial charge in [-0.1, -0.05) is 0 Å². The first-order valence-corrected chi connectivity index (χ1v) is 6.70. The van der Waals surface area contributed by atoms with E-state index in [0.29, 0.717) is 16.6 Å². The summed E-state index contributed by atoms with van der Waals surface area (Å²) in [5.74, 6) is -2.90. The Bertz CT molecular complexity index is 792. The highest BCUT2D eigenvalue weighted by molar-refractivity contribution is 6.07. The zero-order valence-corrected chi connectivity index (χ0v) is 12.2. The third-order valence-electron chi connectivity index (χ3n) is 2.99. The second-order valence-corrected chi connectivity index (χ2v) is 4.83. The Kier molecular flexibility index (Phi) is 4.85. The molecule has 0 aliphatic carbocycles. The molecule has 120 valence electrons. The smallest absolute Gasteiger partial charge is 0.322 e. The number of carboxylic acids is 1. The molecule has 0 unspecified atom stereocenters. The van der Waals surface area contributed by atoms with Crippen LogP contribution >= 0.6 is 0 Å². The molecular weight excluding hydrogens is 305 g/mol. The van der Waals surface area contributed by atoms with Crippen molar-refractivity contribution in [3.8, 4) is 0 Å². The van der Waals surface area contributed by atoms with Gasteiger partial charge in [-0.3, -0.25) is 19.4 Å². The standard InChI is InChI=1S/C15H14FN3O4/c1-8-4-11(10-5-9(16)2-3-12(10)19-8)15(23)18-6-13(20)17-7-14(21)22/h2-5H,6-7H2,1H3,(H,17,20)(H,18,23)(H,21,22). The van der Waals surface area contributed by atoms with Crippen LogP contribution in [-0.4, -0.2) is 41.0 Å². The minimum absolute atomic E-state index is 0.193. The third kappa shape index (κ3) is 4.22. The molecule has 7 nitrogen and oxygen atoms in total. The lowest BCUT2D eigenvalue weighted by Gasteiger charge is -2.09. The van der Waals surface area contributed by atoms with E-state index < -0.39 is 30.1 Å². The Morgan fingerprint density at radius 1 is 1.17 bits per heavy atom. The summed E-state index contributed by atoms with van der Waals surface area (Å²) in [5, 5.41) is 13.3. The number of carbonyl (C=O) groups is 3. The Morgan fingerprint density at radius 2 is 1.91 bits per heavy atom. The van der Waals surface area contributed by atoms with Crippen molar-refractivity contribution in [1.29, 1.82) is 0 Å². The van der Waals surface area contributed by atoms with Crippen molar-refractivity contribution < 1.29 is 23.9 Å². The second kappa shape index (κ2) is 6.82. The number of aliphatic carboxylic acids is 1. The summed E-state index contributed by atoms with van der Waals surface area (Å²) in [6, 6.07) is 5.40. The number of aromatic nitrogens is 1. The SMILES string of the molecule is Cc1cc(C(=O)NCC(=O)NCC(=O)O)c2cc(F)ccc2n1. The molecule has 3 N–H and O–H groups in total. The number of nitrogens with one attached hydrogen (secondary N) is 2. The summed E-state index contributed by atoms with van der Waals surface area (Å²) in [4.78, 5) is 38.2. The van der Waals surface area contributed by atoms with Crippen molar-refractivity contribution in [2.45, 2.75) is 6.92 Å². The molecule has 0 saturated heterocycles. The van der Waals surface area contributed by atoms with E-state index in [0.717, 1.165) is 0 Å². The van der Waals surface area contributed by atoms with Gasteiger partial charge in [0.05, 0.1) is 17.6 Å². The molecule has 0 aliphatic heterocycles. The van der Waals surface area contributed by atoms with Gasteiger partial charge >= 0.3 is 5.97 Å². The Hall–Kier alpha value is -3.03. The molecule has 0 saturated carbocycles. The van der Waals surface area contributed by atoms with Crippen LogP contribution in [0, 0.1) is 12.7 Å². The van der Waals surface area contributed by atoms with E-state index in [2.05, 4.69) is 15.6 Å². The Labute approximate surface area is 130 Å². The van der Waals surface area contributed by atoms with Gasteiger partial charge in [-0.2, -0.15) is 0 Å². The molecule has 1 aromatic carbocycles. The molecule has 0 aliphatic rings. The fourth-order valence-corrected chi connectivity index (χ4v) is 2.01. The molecule has 2 rings (SSSR count). The van der Waals surface area contributed by atoms with Crippen LogP contribution in [0.4, 0.5) is 4.39 Å². The normalized spacial score (nSPS) is 10.3. The van der Waals surface area contributed by atoms with Crippen LogP contribution in [-0.2, 0) is 9.59 Å². The van der Waals surface area contributed by atoms with E-state index in [1.807, 2.05) is 0 Å². The molecule has 2 amide bonds. The fourth-order valence-electron chi connectivity index (χ4n) is 2.01. The van der Waals surface area contributed by atoms with Crippen LogP contribution in [0.2, 0.25) is 0 Å². The maximum Gasteiger partial charge on any atom is 0.322 e.